The first-order valence-electron chi connectivity index (χ1n) is 6.86. The highest BCUT2D eigenvalue weighted by Gasteiger charge is 2.24. The first-order valence-corrected chi connectivity index (χ1v) is 6.86. The lowest BCUT2D eigenvalue weighted by atomic mass is 9.78. The normalized spacial score (nSPS) is 14.6. The molecule has 0 saturated carbocycles. The zero-order valence-electron chi connectivity index (χ0n) is 11.5. The second-order valence-electron chi connectivity index (χ2n) is 5.27. The molecule has 0 aliphatic heterocycles. The molecule has 0 radical (unpaired) electrons. The maximum Gasteiger partial charge on any atom is 0.0525 e. The fraction of sp³-hybridized carbons (Fsp3) is 0.625. The van der Waals surface area contributed by atoms with E-state index in [1.54, 1.807) is 0 Å². The molecule has 0 saturated heterocycles. The molecule has 1 aromatic carbocycles. The fourth-order valence-corrected chi connectivity index (χ4v) is 2.24. The Kier molecular flexibility index (Phi) is 5.70. The summed E-state index contributed by atoms with van der Waals surface area (Å²) in [6.07, 6.45) is 5.75. The molecule has 1 nitrogen and oxygen atoms in total. The third-order valence-corrected chi connectivity index (χ3v) is 3.62. The van der Waals surface area contributed by atoms with Crippen LogP contribution in [0, 0.1) is 0 Å². The topological polar surface area (TPSA) is 20.2 Å². The van der Waals surface area contributed by atoms with Gasteiger partial charge < -0.3 is 5.11 Å². The quantitative estimate of drug-likeness (QED) is 0.753. The molecule has 0 heterocycles. The summed E-state index contributed by atoms with van der Waals surface area (Å²) in [5.41, 5.74) is 2.60. The number of rotatable bonds is 7. The third kappa shape index (κ3) is 3.85. The van der Waals surface area contributed by atoms with Gasteiger partial charge in [-0.3, -0.25) is 0 Å². The van der Waals surface area contributed by atoms with E-state index in [-0.39, 0.29) is 12.0 Å². The van der Waals surface area contributed by atoms with Crippen molar-refractivity contribution in [3.63, 3.8) is 0 Å². The van der Waals surface area contributed by atoms with Gasteiger partial charge in [-0.2, -0.15) is 0 Å². The molecule has 0 fully saturated rings. The predicted octanol–water partition coefficient (Wildman–Crippen LogP) is 4.08. The van der Waals surface area contributed by atoms with Gasteiger partial charge in [0.05, 0.1) is 6.61 Å². The van der Waals surface area contributed by atoms with Gasteiger partial charge in [0.1, 0.15) is 0 Å². The highest BCUT2D eigenvalue weighted by molar-refractivity contribution is 5.29. The Morgan fingerprint density at radius 1 is 1.06 bits per heavy atom. The molecule has 0 spiro atoms. The van der Waals surface area contributed by atoms with E-state index >= 15 is 0 Å². The number of aliphatic hydroxyl groups excluding tert-OH is 1. The van der Waals surface area contributed by atoms with Crippen molar-refractivity contribution in [2.75, 3.05) is 6.61 Å². The number of aliphatic hydroxyl groups is 1. The monoisotopic (exact) mass is 234 g/mol. The van der Waals surface area contributed by atoms with E-state index in [2.05, 4.69) is 45.0 Å². The van der Waals surface area contributed by atoms with Gasteiger partial charge in [-0.15, -0.1) is 0 Å². The van der Waals surface area contributed by atoms with Crippen molar-refractivity contribution in [2.24, 2.45) is 0 Å². The molecule has 1 rings (SSSR count). The second-order valence-corrected chi connectivity index (χ2v) is 5.27. The minimum Gasteiger partial charge on any atom is -0.395 e. The summed E-state index contributed by atoms with van der Waals surface area (Å²) in [4.78, 5) is 0. The number of benzene rings is 1. The Bertz CT molecular complexity index is 315. The molecule has 0 amide bonds. The Labute approximate surface area is 106 Å². The van der Waals surface area contributed by atoms with E-state index in [4.69, 9.17) is 0 Å². The molecule has 1 unspecified atom stereocenters. The zero-order chi connectivity index (χ0) is 12.7. The van der Waals surface area contributed by atoms with Gasteiger partial charge in [0.15, 0.2) is 0 Å². The van der Waals surface area contributed by atoms with Crippen LogP contribution in [-0.2, 0) is 11.8 Å². The lowest BCUT2D eigenvalue weighted by molar-refractivity contribution is 0.194. The maximum absolute atomic E-state index is 9.64. The van der Waals surface area contributed by atoms with Crippen LogP contribution < -0.4 is 0 Å². The molecule has 1 heteroatoms. The van der Waals surface area contributed by atoms with Crippen LogP contribution in [0.5, 0.6) is 0 Å². The van der Waals surface area contributed by atoms with Gasteiger partial charge in [-0.25, -0.2) is 0 Å². The molecule has 17 heavy (non-hydrogen) atoms. The van der Waals surface area contributed by atoms with Gasteiger partial charge in [0.2, 0.25) is 0 Å². The van der Waals surface area contributed by atoms with E-state index in [1.165, 1.54) is 30.4 Å². The standard InChI is InChI=1S/C16H26O/c1-4-6-12-16(3,13-17)15-10-8-14(7-5-2)9-11-15/h8-11,17H,4-7,12-13H2,1-3H3. The van der Waals surface area contributed by atoms with Crippen molar-refractivity contribution in [3.8, 4) is 0 Å². The summed E-state index contributed by atoms with van der Waals surface area (Å²) in [6.45, 7) is 6.80. The minimum absolute atomic E-state index is 0.0687. The summed E-state index contributed by atoms with van der Waals surface area (Å²) in [5.74, 6) is 0. The summed E-state index contributed by atoms with van der Waals surface area (Å²) >= 11 is 0. The Morgan fingerprint density at radius 2 is 1.71 bits per heavy atom. The lowest BCUT2D eigenvalue weighted by Gasteiger charge is -2.28. The first-order chi connectivity index (χ1) is 8.16. The van der Waals surface area contributed by atoms with Gasteiger partial charge in [0.25, 0.3) is 0 Å². The van der Waals surface area contributed by atoms with Gasteiger partial charge in [-0.05, 0) is 24.0 Å². The molecule has 1 aromatic rings. The van der Waals surface area contributed by atoms with Gasteiger partial charge in [-0.1, -0.05) is 64.3 Å². The number of aryl methyl sites for hydroxylation is 1. The Morgan fingerprint density at radius 3 is 2.18 bits per heavy atom. The van der Waals surface area contributed by atoms with E-state index < -0.39 is 0 Å². The molecule has 0 aromatic heterocycles. The summed E-state index contributed by atoms with van der Waals surface area (Å²) < 4.78 is 0. The second kappa shape index (κ2) is 6.80. The highest BCUT2D eigenvalue weighted by Crippen LogP contribution is 2.29. The summed E-state index contributed by atoms with van der Waals surface area (Å²) in [6, 6.07) is 8.80. The minimum atomic E-state index is -0.0687. The van der Waals surface area contributed by atoms with Crippen LogP contribution in [0.25, 0.3) is 0 Å². The van der Waals surface area contributed by atoms with Crippen LogP contribution in [0.15, 0.2) is 24.3 Å². The van der Waals surface area contributed by atoms with Crippen LogP contribution >= 0.6 is 0 Å². The Balaban J connectivity index is 2.80. The van der Waals surface area contributed by atoms with Crippen molar-refractivity contribution < 1.29 is 5.11 Å². The molecule has 96 valence electrons. The van der Waals surface area contributed by atoms with Crippen molar-refractivity contribution in [1.82, 2.24) is 0 Å². The average molecular weight is 234 g/mol. The molecular formula is C16H26O. The predicted molar refractivity (Wildman–Crippen MR) is 74.4 cm³/mol. The molecule has 0 aliphatic rings. The van der Waals surface area contributed by atoms with Crippen LogP contribution in [0.2, 0.25) is 0 Å². The molecule has 0 aliphatic carbocycles. The van der Waals surface area contributed by atoms with Crippen LogP contribution in [0.4, 0.5) is 0 Å². The molecule has 1 N–H and O–H groups in total. The van der Waals surface area contributed by atoms with Gasteiger partial charge in [0, 0.05) is 5.41 Å². The SMILES string of the molecule is CCCCC(C)(CO)c1ccc(CCC)cc1. The number of hydrogen-bond acceptors (Lipinski definition) is 1. The van der Waals surface area contributed by atoms with E-state index in [1.807, 2.05) is 0 Å². The smallest absolute Gasteiger partial charge is 0.0525 e. The van der Waals surface area contributed by atoms with Crippen molar-refractivity contribution in [1.29, 1.82) is 0 Å². The first kappa shape index (κ1) is 14.2. The maximum atomic E-state index is 9.64. The van der Waals surface area contributed by atoms with Crippen molar-refractivity contribution >= 4 is 0 Å². The van der Waals surface area contributed by atoms with Crippen LogP contribution in [0.1, 0.15) is 57.6 Å². The summed E-state index contributed by atoms with van der Waals surface area (Å²) in [7, 11) is 0. The van der Waals surface area contributed by atoms with Crippen molar-refractivity contribution in [2.45, 2.75) is 58.3 Å². The summed E-state index contributed by atoms with van der Waals surface area (Å²) in [5, 5.41) is 9.64. The molecule has 0 bridgehead atoms. The lowest BCUT2D eigenvalue weighted by Crippen LogP contribution is -2.26. The largest absolute Gasteiger partial charge is 0.395 e. The Hall–Kier alpha value is -0.820. The van der Waals surface area contributed by atoms with E-state index in [9.17, 15) is 5.11 Å². The van der Waals surface area contributed by atoms with Crippen LogP contribution in [-0.4, -0.2) is 11.7 Å². The van der Waals surface area contributed by atoms with E-state index in [0.29, 0.717) is 0 Å². The molecule has 1 atom stereocenters. The highest BCUT2D eigenvalue weighted by atomic mass is 16.3. The zero-order valence-corrected chi connectivity index (χ0v) is 11.5. The number of hydrogen-bond donors (Lipinski definition) is 1. The van der Waals surface area contributed by atoms with Gasteiger partial charge >= 0.3 is 0 Å². The van der Waals surface area contributed by atoms with Crippen LogP contribution in [0.3, 0.4) is 0 Å². The fourth-order valence-electron chi connectivity index (χ4n) is 2.24. The number of unbranched alkanes of at least 4 members (excludes halogenated alkanes) is 1. The third-order valence-electron chi connectivity index (χ3n) is 3.62. The van der Waals surface area contributed by atoms with E-state index in [0.717, 1.165) is 12.8 Å². The average Bonchev–Trinajstić information content (AvgIpc) is 2.37. The molecular weight excluding hydrogens is 208 g/mol. The van der Waals surface area contributed by atoms with Crippen molar-refractivity contribution in [3.05, 3.63) is 35.4 Å².